The van der Waals surface area contributed by atoms with E-state index in [2.05, 4.69) is 32.9 Å². The van der Waals surface area contributed by atoms with Crippen LogP contribution in [-0.4, -0.2) is 28.7 Å². The zero-order valence-electron chi connectivity index (χ0n) is 15.0. The third-order valence-electron chi connectivity index (χ3n) is 4.40. The smallest absolute Gasteiger partial charge is 0.350 e. The molecule has 2 N–H and O–H groups in total. The van der Waals surface area contributed by atoms with Crippen LogP contribution in [0.25, 0.3) is 10.2 Å². The Morgan fingerprint density at radius 3 is 2.90 bits per heavy atom. The molecule has 0 bridgehead atoms. The number of nitriles is 1. The average Bonchev–Trinajstić information content (AvgIpc) is 3.07. The number of aromatic nitrogens is 1. The summed E-state index contributed by atoms with van der Waals surface area (Å²) in [5.74, 6) is -1.10. The highest BCUT2D eigenvalue weighted by atomic mass is 127. The van der Waals surface area contributed by atoms with E-state index < -0.39 is 17.9 Å². The monoisotopic (exact) mass is 520 g/mol. The highest BCUT2D eigenvalue weighted by molar-refractivity contribution is 14.1. The number of hydrogen-bond donors (Lipinski definition) is 2. The van der Waals surface area contributed by atoms with Crippen LogP contribution >= 0.6 is 33.9 Å². The Bertz CT molecular complexity index is 1220. The molecular weight excluding hydrogens is 507 g/mol. The molecule has 8 nitrogen and oxygen atoms in total. The van der Waals surface area contributed by atoms with E-state index in [9.17, 15) is 20.0 Å². The van der Waals surface area contributed by atoms with Crippen LogP contribution in [-0.2, 0) is 9.16 Å². The molecule has 4 rings (SSSR count). The van der Waals surface area contributed by atoms with E-state index in [0.717, 1.165) is 16.9 Å². The molecule has 29 heavy (non-hydrogen) atoms. The fourth-order valence-electron chi connectivity index (χ4n) is 3.22. The zero-order chi connectivity index (χ0) is 20.7. The van der Waals surface area contributed by atoms with Crippen molar-refractivity contribution in [2.75, 3.05) is 16.8 Å². The molecular formula is C19H13IN4O4S. The molecule has 0 unspecified atom stereocenters. The molecule has 10 heteroatoms. The van der Waals surface area contributed by atoms with E-state index >= 15 is 0 Å². The molecule has 2 amide bonds. The topological polar surface area (TPSA) is 116 Å². The fourth-order valence-corrected chi connectivity index (χ4v) is 4.89. The summed E-state index contributed by atoms with van der Waals surface area (Å²) < 4.78 is 5.71. The van der Waals surface area contributed by atoms with Crippen LogP contribution in [0.1, 0.15) is 27.7 Å². The minimum Gasteiger partial charge on any atom is -0.492 e. The number of amides is 2. The minimum atomic E-state index is -0.601. The number of hydrogen-bond acceptors (Lipinski definition) is 7. The predicted molar refractivity (Wildman–Crippen MR) is 117 cm³/mol. The van der Waals surface area contributed by atoms with E-state index in [-0.39, 0.29) is 28.4 Å². The summed E-state index contributed by atoms with van der Waals surface area (Å²) in [5, 5.41) is 23.2. The molecule has 0 aliphatic carbocycles. The highest BCUT2D eigenvalue weighted by Crippen LogP contribution is 2.49. The van der Waals surface area contributed by atoms with Crippen LogP contribution < -0.4 is 10.2 Å². The number of benzene rings is 1. The number of aromatic hydroxyl groups is 1. The molecule has 0 saturated heterocycles. The van der Waals surface area contributed by atoms with Crippen molar-refractivity contribution in [1.29, 1.82) is 5.26 Å². The predicted octanol–water partition coefficient (Wildman–Crippen LogP) is 4.67. The maximum absolute atomic E-state index is 13.1. The van der Waals surface area contributed by atoms with Crippen molar-refractivity contribution in [1.82, 2.24) is 4.98 Å². The first-order chi connectivity index (χ1) is 14.0. The van der Waals surface area contributed by atoms with Gasteiger partial charge in [-0.25, -0.2) is 14.6 Å². The summed E-state index contributed by atoms with van der Waals surface area (Å²) in [6.07, 6.45) is 0. The van der Waals surface area contributed by atoms with Gasteiger partial charge in [0.2, 0.25) is 5.88 Å². The number of urea groups is 1. The molecule has 1 aliphatic heterocycles. The van der Waals surface area contributed by atoms with Gasteiger partial charge in [-0.1, -0.05) is 40.8 Å². The number of ether oxygens (including phenoxy) is 1. The van der Waals surface area contributed by atoms with Gasteiger partial charge in [0, 0.05) is 4.43 Å². The number of pyridine rings is 1. The standard InChI is InChI=1S/C19H13IN4O4S/c1-2-28-18(26)15-13-12-14(10(8-21)16(25)23-17(12)29-15)24(19(27)22-13)11-6-4-3-5-9(11)7-20/h3-6H,2,7H2,1H3,(H,22,27)(H,23,25). The molecule has 146 valence electrons. The van der Waals surface area contributed by atoms with Crippen molar-refractivity contribution in [3.8, 4) is 11.9 Å². The Kier molecular flexibility index (Phi) is 5.01. The first-order valence-corrected chi connectivity index (χ1v) is 10.9. The van der Waals surface area contributed by atoms with Gasteiger partial charge in [-0.15, -0.1) is 11.3 Å². The molecule has 2 aromatic heterocycles. The van der Waals surface area contributed by atoms with Crippen LogP contribution in [0.2, 0.25) is 0 Å². The number of rotatable bonds is 4. The lowest BCUT2D eigenvalue weighted by atomic mass is 10.1. The molecule has 1 aromatic carbocycles. The Labute approximate surface area is 182 Å². The van der Waals surface area contributed by atoms with Gasteiger partial charge in [-0.2, -0.15) is 5.26 Å². The number of halogens is 1. The van der Waals surface area contributed by atoms with Gasteiger partial charge >= 0.3 is 12.0 Å². The van der Waals surface area contributed by atoms with Crippen LogP contribution in [0.4, 0.5) is 21.9 Å². The Hall–Kier alpha value is -2.91. The molecule has 0 radical (unpaired) electrons. The summed E-state index contributed by atoms with van der Waals surface area (Å²) >= 11 is 3.19. The third-order valence-corrected chi connectivity index (χ3v) is 6.29. The second-order valence-electron chi connectivity index (χ2n) is 6.01. The Morgan fingerprint density at radius 1 is 1.45 bits per heavy atom. The van der Waals surface area contributed by atoms with Crippen LogP contribution in [0.3, 0.4) is 0 Å². The van der Waals surface area contributed by atoms with Crippen molar-refractivity contribution >= 4 is 73.2 Å². The molecule has 1 aliphatic rings. The van der Waals surface area contributed by atoms with E-state index in [1.165, 1.54) is 4.90 Å². The highest BCUT2D eigenvalue weighted by Gasteiger charge is 2.37. The normalized spacial score (nSPS) is 12.6. The lowest BCUT2D eigenvalue weighted by Gasteiger charge is -2.30. The van der Waals surface area contributed by atoms with Crippen molar-refractivity contribution in [2.24, 2.45) is 0 Å². The Morgan fingerprint density at radius 2 is 2.21 bits per heavy atom. The SMILES string of the molecule is CCOC(=O)c1sc2nc(O)c(C#N)c3c2c1NC(=O)N3c1ccccc1CI. The molecule has 0 fully saturated rings. The number of carbonyl (C=O) groups excluding carboxylic acids is 2. The number of carbonyl (C=O) groups is 2. The second-order valence-corrected chi connectivity index (χ2v) is 7.77. The molecule has 0 spiro atoms. The largest absolute Gasteiger partial charge is 0.492 e. The van der Waals surface area contributed by atoms with Gasteiger partial charge in [0.25, 0.3) is 0 Å². The summed E-state index contributed by atoms with van der Waals surface area (Å²) in [6.45, 7) is 1.85. The van der Waals surface area contributed by atoms with Crippen LogP contribution in [0, 0.1) is 11.3 Å². The van der Waals surface area contributed by atoms with E-state index in [1.807, 2.05) is 18.2 Å². The average molecular weight is 520 g/mol. The van der Waals surface area contributed by atoms with Crippen molar-refractivity contribution < 1.29 is 19.4 Å². The fraction of sp³-hybridized carbons (Fsp3) is 0.158. The number of nitrogens with zero attached hydrogens (tertiary/aromatic N) is 3. The van der Waals surface area contributed by atoms with Gasteiger partial charge in [0.05, 0.1) is 29.1 Å². The summed E-state index contributed by atoms with van der Waals surface area (Å²) in [4.78, 5) is 31.4. The van der Waals surface area contributed by atoms with Gasteiger partial charge in [0.1, 0.15) is 21.3 Å². The van der Waals surface area contributed by atoms with Crippen molar-refractivity contribution in [3.63, 3.8) is 0 Å². The quantitative estimate of drug-likeness (QED) is 0.294. The Balaban J connectivity index is 2.08. The van der Waals surface area contributed by atoms with Gasteiger partial charge in [-0.3, -0.25) is 4.90 Å². The summed E-state index contributed by atoms with van der Waals surface area (Å²) in [7, 11) is 0. The lowest BCUT2D eigenvalue weighted by molar-refractivity contribution is 0.0533. The molecule has 0 atom stereocenters. The van der Waals surface area contributed by atoms with Crippen LogP contribution in [0.15, 0.2) is 24.3 Å². The maximum atomic E-state index is 13.1. The number of nitrogens with one attached hydrogen (secondary N) is 1. The third kappa shape index (κ3) is 2.97. The van der Waals surface area contributed by atoms with Gasteiger partial charge < -0.3 is 15.2 Å². The number of para-hydroxylation sites is 1. The zero-order valence-corrected chi connectivity index (χ0v) is 18.0. The van der Waals surface area contributed by atoms with Crippen LogP contribution in [0.5, 0.6) is 5.88 Å². The van der Waals surface area contributed by atoms with E-state index in [0.29, 0.717) is 20.3 Å². The number of anilines is 3. The number of esters is 1. The lowest BCUT2D eigenvalue weighted by Crippen LogP contribution is -2.35. The first kappa shape index (κ1) is 19.4. The summed E-state index contributed by atoms with van der Waals surface area (Å²) in [6, 6.07) is 8.70. The van der Waals surface area contributed by atoms with E-state index in [1.54, 1.807) is 19.1 Å². The second kappa shape index (κ2) is 7.49. The first-order valence-electron chi connectivity index (χ1n) is 8.53. The molecule has 3 heterocycles. The summed E-state index contributed by atoms with van der Waals surface area (Å²) in [5.41, 5.74) is 1.77. The number of thiophene rings is 1. The maximum Gasteiger partial charge on any atom is 0.350 e. The minimum absolute atomic E-state index is 0.134. The van der Waals surface area contributed by atoms with Crippen molar-refractivity contribution in [2.45, 2.75) is 11.4 Å². The van der Waals surface area contributed by atoms with E-state index in [4.69, 9.17) is 4.74 Å². The molecule has 3 aromatic rings. The van der Waals surface area contributed by atoms with Crippen molar-refractivity contribution in [3.05, 3.63) is 40.3 Å². The molecule has 0 saturated carbocycles. The van der Waals surface area contributed by atoms with Gasteiger partial charge in [-0.05, 0) is 18.6 Å². The number of alkyl halides is 1. The van der Waals surface area contributed by atoms with Gasteiger partial charge in [0.15, 0.2) is 0 Å².